The molecule has 2 aromatic rings. The number of carbonyl (C=O) groups excluding carboxylic acids is 2. The predicted molar refractivity (Wildman–Crippen MR) is 120 cm³/mol. The first-order chi connectivity index (χ1) is 16.1. The Morgan fingerprint density at radius 2 is 1.79 bits per heavy atom. The fourth-order valence-corrected chi connectivity index (χ4v) is 5.02. The highest BCUT2D eigenvalue weighted by molar-refractivity contribution is 5.90. The van der Waals surface area contributed by atoms with Crippen molar-refractivity contribution in [3.8, 4) is 6.07 Å². The molecule has 4 rings (SSSR count). The van der Waals surface area contributed by atoms with E-state index in [1.165, 1.54) is 12.1 Å². The van der Waals surface area contributed by atoms with Crippen LogP contribution in [-0.4, -0.2) is 43.0 Å². The Labute approximate surface area is 194 Å². The lowest BCUT2D eigenvalue weighted by molar-refractivity contribution is -0.137. The van der Waals surface area contributed by atoms with Gasteiger partial charge in [0.1, 0.15) is 0 Å². The molecule has 1 atom stereocenters. The standard InChI is InChI=1S/C24H24F3N5O2/c25-24(26,27)19-12-18(7-6-16(19)13-28)31-10-8-23(9-11-31)15-32(14-20(23)21(29)33)22(34)30-17-4-2-1-3-5-17/h1-7,12,20H,8-11,14-15H2,(H2,29,33)(H,30,34). The Hall–Kier alpha value is -3.74. The number of nitrogens with two attached hydrogens (primary N) is 1. The van der Waals surface area contributed by atoms with Crippen molar-refractivity contribution in [1.29, 1.82) is 5.26 Å². The molecule has 10 heteroatoms. The molecule has 2 heterocycles. The number of nitrogens with zero attached hydrogens (tertiary/aromatic N) is 3. The second-order valence-electron chi connectivity index (χ2n) is 8.82. The average molecular weight is 471 g/mol. The van der Waals surface area contributed by atoms with Gasteiger partial charge in [-0.05, 0) is 43.2 Å². The van der Waals surface area contributed by atoms with Crippen molar-refractivity contribution < 1.29 is 22.8 Å². The summed E-state index contributed by atoms with van der Waals surface area (Å²) in [4.78, 5) is 28.5. The van der Waals surface area contributed by atoms with E-state index in [1.807, 2.05) is 11.0 Å². The lowest BCUT2D eigenvalue weighted by Crippen LogP contribution is -2.47. The molecule has 3 amide bonds. The number of carbonyl (C=O) groups is 2. The highest BCUT2D eigenvalue weighted by Crippen LogP contribution is 2.46. The SMILES string of the molecule is N#Cc1ccc(N2CCC3(CC2)CN(C(=O)Nc2ccccc2)CC3C(N)=O)cc1C(F)(F)F. The molecule has 7 nitrogen and oxygen atoms in total. The normalized spacial score (nSPS) is 19.6. The van der Waals surface area contributed by atoms with Crippen LogP contribution in [0.2, 0.25) is 0 Å². The topological polar surface area (TPSA) is 102 Å². The molecule has 1 spiro atoms. The maximum absolute atomic E-state index is 13.4. The summed E-state index contributed by atoms with van der Waals surface area (Å²) in [6.07, 6.45) is -3.64. The molecule has 0 saturated carbocycles. The van der Waals surface area contributed by atoms with E-state index in [1.54, 1.807) is 35.2 Å². The highest BCUT2D eigenvalue weighted by Gasteiger charge is 2.52. The van der Waals surface area contributed by atoms with Gasteiger partial charge >= 0.3 is 12.2 Å². The molecule has 2 aliphatic rings. The van der Waals surface area contributed by atoms with Gasteiger partial charge in [0.2, 0.25) is 5.91 Å². The Balaban J connectivity index is 1.49. The van der Waals surface area contributed by atoms with Gasteiger partial charge in [0.05, 0.1) is 23.1 Å². The minimum absolute atomic E-state index is 0.198. The van der Waals surface area contributed by atoms with Crippen LogP contribution in [0.25, 0.3) is 0 Å². The lowest BCUT2D eigenvalue weighted by atomic mass is 9.70. The van der Waals surface area contributed by atoms with Crippen molar-refractivity contribution in [3.05, 3.63) is 59.7 Å². The van der Waals surface area contributed by atoms with Crippen LogP contribution in [0.1, 0.15) is 24.0 Å². The summed E-state index contributed by atoms with van der Waals surface area (Å²) in [6.45, 7) is 1.35. The van der Waals surface area contributed by atoms with Gasteiger partial charge in [0, 0.05) is 43.0 Å². The lowest BCUT2D eigenvalue weighted by Gasteiger charge is -2.42. The first kappa shape index (κ1) is 23.4. The largest absolute Gasteiger partial charge is 0.417 e. The van der Waals surface area contributed by atoms with E-state index >= 15 is 0 Å². The van der Waals surface area contributed by atoms with Crippen LogP contribution >= 0.6 is 0 Å². The van der Waals surface area contributed by atoms with Crippen LogP contribution in [-0.2, 0) is 11.0 Å². The van der Waals surface area contributed by atoms with Crippen molar-refractivity contribution in [3.63, 3.8) is 0 Å². The highest BCUT2D eigenvalue weighted by atomic mass is 19.4. The second-order valence-corrected chi connectivity index (χ2v) is 8.82. The third kappa shape index (κ3) is 4.51. The van der Waals surface area contributed by atoms with E-state index in [2.05, 4.69) is 5.32 Å². The molecule has 2 aliphatic heterocycles. The first-order valence-electron chi connectivity index (χ1n) is 10.9. The third-order valence-electron chi connectivity index (χ3n) is 6.86. The number of primary amides is 1. The number of hydrogen-bond acceptors (Lipinski definition) is 4. The van der Waals surface area contributed by atoms with Gasteiger partial charge in [0.15, 0.2) is 0 Å². The van der Waals surface area contributed by atoms with E-state index in [0.717, 1.165) is 6.07 Å². The molecule has 3 N–H and O–H groups in total. The maximum Gasteiger partial charge on any atom is 0.417 e. The number of alkyl halides is 3. The first-order valence-corrected chi connectivity index (χ1v) is 10.9. The molecule has 2 aromatic carbocycles. The van der Waals surface area contributed by atoms with Crippen LogP contribution in [0.4, 0.5) is 29.3 Å². The Bertz CT molecular complexity index is 1120. The van der Waals surface area contributed by atoms with Gasteiger partial charge in [-0.3, -0.25) is 4.79 Å². The van der Waals surface area contributed by atoms with Gasteiger partial charge in [0.25, 0.3) is 0 Å². The molecular formula is C24H24F3N5O2. The Morgan fingerprint density at radius 1 is 1.12 bits per heavy atom. The zero-order valence-corrected chi connectivity index (χ0v) is 18.3. The molecule has 0 aliphatic carbocycles. The zero-order chi connectivity index (χ0) is 24.5. The number of urea groups is 1. The van der Waals surface area contributed by atoms with Crippen molar-refractivity contribution in [2.24, 2.45) is 17.1 Å². The van der Waals surface area contributed by atoms with Crippen LogP contribution in [0.5, 0.6) is 0 Å². The number of para-hydroxylation sites is 1. The van der Waals surface area contributed by atoms with Gasteiger partial charge in [-0.25, -0.2) is 4.79 Å². The summed E-state index contributed by atoms with van der Waals surface area (Å²) < 4.78 is 40.1. The molecule has 1 unspecified atom stereocenters. The number of likely N-dealkylation sites (tertiary alicyclic amines) is 1. The van der Waals surface area contributed by atoms with Crippen molar-refractivity contribution in [1.82, 2.24) is 4.90 Å². The summed E-state index contributed by atoms with van der Waals surface area (Å²) >= 11 is 0. The molecule has 0 radical (unpaired) electrons. The molecular weight excluding hydrogens is 447 g/mol. The van der Waals surface area contributed by atoms with Crippen molar-refractivity contribution in [2.75, 3.05) is 36.4 Å². The number of benzene rings is 2. The van der Waals surface area contributed by atoms with E-state index in [9.17, 15) is 22.8 Å². The number of nitrogens with one attached hydrogen (secondary N) is 1. The average Bonchev–Trinajstić information content (AvgIpc) is 3.18. The fraction of sp³-hybridized carbons (Fsp3) is 0.375. The Morgan fingerprint density at radius 3 is 2.38 bits per heavy atom. The molecule has 178 valence electrons. The van der Waals surface area contributed by atoms with E-state index in [-0.39, 0.29) is 12.6 Å². The molecule has 0 aromatic heterocycles. The van der Waals surface area contributed by atoms with Crippen LogP contribution < -0.4 is 16.0 Å². The van der Waals surface area contributed by atoms with Crippen LogP contribution in [0, 0.1) is 22.7 Å². The van der Waals surface area contributed by atoms with E-state index < -0.39 is 34.5 Å². The number of anilines is 2. The summed E-state index contributed by atoms with van der Waals surface area (Å²) in [6, 6.07) is 13.9. The number of amides is 3. The predicted octanol–water partition coefficient (Wildman–Crippen LogP) is 3.81. The van der Waals surface area contributed by atoms with Crippen molar-refractivity contribution >= 4 is 23.3 Å². The Kier molecular flexibility index (Phi) is 6.13. The van der Waals surface area contributed by atoms with Crippen molar-refractivity contribution in [2.45, 2.75) is 19.0 Å². The number of hydrogen-bond donors (Lipinski definition) is 2. The quantitative estimate of drug-likeness (QED) is 0.711. The minimum Gasteiger partial charge on any atom is -0.371 e. The number of piperidine rings is 1. The summed E-state index contributed by atoms with van der Waals surface area (Å²) in [5.74, 6) is -1.02. The summed E-state index contributed by atoms with van der Waals surface area (Å²) in [7, 11) is 0. The molecule has 0 bridgehead atoms. The monoisotopic (exact) mass is 471 g/mol. The van der Waals surface area contributed by atoms with Gasteiger partial charge in [-0.15, -0.1) is 0 Å². The van der Waals surface area contributed by atoms with Gasteiger partial charge in [-0.2, -0.15) is 18.4 Å². The number of halogens is 3. The summed E-state index contributed by atoms with van der Waals surface area (Å²) in [5.41, 5.74) is 4.79. The maximum atomic E-state index is 13.4. The molecule has 2 fully saturated rings. The van der Waals surface area contributed by atoms with Crippen LogP contribution in [0.15, 0.2) is 48.5 Å². The fourth-order valence-electron chi connectivity index (χ4n) is 5.02. The summed E-state index contributed by atoms with van der Waals surface area (Å²) in [5, 5.41) is 11.8. The van der Waals surface area contributed by atoms with Gasteiger partial charge in [-0.1, -0.05) is 18.2 Å². The van der Waals surface area contributed by atoms with E-state index in [0.29, 0.717) is 43.9 Å². The minimum atomic E-state index is -4.63. The van der Waals surface area contributed by atoms with Crippen LogP contribution in [0.3, 0.4) is 0 Å². The second kappa shape index (κ2) is 8.89. The van der Waals surface area contributed by atoms with Gasteiger partial charge < -0.3 is 20.9 Å². The van der Waals surface area contributed by atoms with E-state index in [4.69, 9.17) is 11.0 Å². The zero-order valence-electron chi connectivity index (χ0n) is 18.3. The number of nitriles is 1. The number of rotatable bonds is 3. The smallest absolute Gasteiger partial charge is 0.371 e. The molecule has 2 saturated heterocycles. The molecule has 34 heavy (non-hydrogen) atoms. The third-order valence-corrected chi connectivity index (χ3v) is 6.86.